The van der Waals surface area contributed by atoms with E-state index in [1.54, 1.807) is 0 Å². The first-order valence-electron chi connectivity index (χ1n) is 5.15. The van der Waals surface area contributed by atoms with Crippen molar-refractivity contribution in [2.45, 2.75) is 13.2 Å². The molecule has 2 rings (SSSR count). The molecule has 96 valence electrons. The van der Waals surface area contributed by atoms with E-state index in [0.717, 1.165) is 0 Å². The lowest BCUT2D eigenvalue weighted by Crippen LogP contribution is -1.98. The van der Waals surface area contributed by atoms with Crippen LogP contribution >= 0.6 is 11.6 Å². The van der Waals surface area contributed by atoms with Crippen molar-refractivity contribution in [3.8, 4) is 11.4 Å². The number of rotatable bonds is 4. The van der Waals surface area contributed by atoms with E-state index in [9.17, 15) is 4.39 Å². The Morgan fingerprint density at radius 2 is 2.28 bits per heavy atom. The Balaban J connectivity index is 2.49. The Bertz CT molecular complexity index is 559. The summed E-state index contributed by atoms with van der Waals surface area (Å²) in [5.41, 5.74) is 5.85. The first-order chi connectivity index (χ1) is 8.65. The van der Waals surface area contributed by atoms with Crippen LogP contribution < -0.4 is 5.73 Å². The number of halogens is 2. The SMILES string of the molecule is COCc1cc(Cl)cc(-c2noc(CN)n2)c1F. The maximum atomic E-state index is 14.1. The third-order valence-electron chi connectivity index (χ3n) is 2.30. The largest absolute Gasteiger partial charge is 0.380 e. The van der Waals surface area contributed by atoms with Crippen molar-refractivity contribution in [1.29, 1.82) is 0 Å². The molecule has 1 heterocycles. The van der Waals surface area contributed by atoms with Crippen molar-refractivity contribution in [2.75, 3.05) is 7.11 Å². The van der Waals surface area contributed by atoms with Crippen molar-refractivity contribution in [3.63, 3.8) is 0 Å². The van der Waals surface area contributed by atoms with E-state index in [-0.39, 0.29) is 30.4 Å². The molecule has 0 amide bonds. The molecule has 0 bridgehead atoms. The number of methoxy groups -OCH3 is 1. The zero-order valence-electron chi connectivity index (χ0n) is 9.61. The van der Waals surface area contributed by atoms with Crippen molar-refractivity contribution >= 4 is 11.6 Å². The highest BCUT2D eigenvalue weighted by Crippen LogP contribution is 2.27. The quantitative estimate of drug-likeness (QED) is 0.922. The molecule has 0 aliphatic carbocycles. The number of benzene rings is 1. The highest BCUT2D eigenvalue weighted by atomic mass is 35.5. The summed E-state index contributed by atoms with van der Waals surface area (Å²) in [4.78, 5) is 3.96. The molecule has 0 saturated heterocycles. The fourth-order valence-electron chi connectivity index (χ4n) is 1.52. The van der Waals surface area contributed by atoms with E-state index in [1.807, 2.05) is 0 Å². The highest BCUT2D eigenvalue weighted by Gasteiger charge is 2.16. The summed E-state index contributed by atoms with van der Waals surface area (Å²) in [6.07, 6.45) is 0. The van der Waals surface area contributed by atoms with Gasteiger partial charge in [-0.2, -0.15) is 4.98 Å². The Kier molecular flexibility index (Phi) is 3.90. The second-order valence-electron chi connectivity index (χ2n) is 3.58. The van der Waals surface area contributed by atoms with Crippen LogP contribution in [0.5, 0.6) is 0 Å². The van der Waals surface area contributed by atoms with Crippen LogP contribution in [0.15, 0.2) is 16.7 Å². The topological polar surface area (TPSA) is 74.2 Å². The molecule has 0 aliphatic heterocycles. The van der Waals surface area contributed by atoms with Crippen molar-refractivity contribution in [3.05, 3.63) is 34.4 Å². The fraction of sp³-hybridized carbons (Fsp3) is 0.273. The zero-order valence-corrected chi connectivity index (χ0v) is 10.4. The van der Waals surface area contributed by atoms with Crippen LogP contribution in [-0.4, -0.2) is 17.3 Å². The molecular weight excluding hydrogens is 261 g/mol. The number of hydrogen-bond acceptors (Lipinski definition) is 5. The molecule has 1 aromatic carbocycles. The van der Waals surface area contributed by atoms with Crippen LogP contribution in [-0.2, 0) is 17.9 Å². The molecule has 2 aromatic rings. The molecule has 5 nitrogen and oxygen atoms in total. The minimum Gasteiger partial charge on any atom is -0.380 e. The molecule has 0 atom stereocenters. The van der Waals surface area contributed by atoms with E-state index in [4.69, 9.17) is 26.6 Å². The van der Waals surface area contributed by atoms with Crippen LogP contribution in [0.4, 0.5) is 4.39 Å². The zero-order chi connectivity index (χ0) is 13.1. The van der Waals surface area contributed by atoms with Gasteiger partial charge in [0.05, 0.1) is 18.7 Å². The number of nitrogens with zero attached hydrogens (tertiary/aromatic N) is 2. The van der Waals surface area contributed by atoms with Gasteiger partial charge in [-0.25, -0.2) is 4.39 Å². The van der Waals surface area contributed by atoms with Gasteiger partial charge in [0.2, 0.25) is 11.7 Å². The van der Waals surface area contributed by atoms with Gasteiger partial charge in [-0.3, -0.25) is 0 Å². The van der Waals surface area contributed by atoms with Crippen molar-refractivity contribution < 1.29 is 13.7 Å². The Morgan fingerprint density at radius 3 is 2.89 bits per heavy atom. The summed E-state index contributed by atoms with van der Waals surface area (Å²) in [6.45, 7) is 0.209. The molecule has 18 heavy (non-hydrogen) atoms. The first kappa shape index (κ1) is 12.9. The maximum Gasteiger partial charge on any atom is 0.240 e. The molecule has 2 N–H and O–H groups in total. The predicted molar refractivity (Wildman–Crippen MR) is 63.3 cm³/mol. The van der Waals surface area contributed by atoms with Crippen LogP contribution in [0.3, 0.4) is 0 Å². The number of aromatic nitrogens is 2. The van der Waals surface area contributed by atoms with Gasteiger partial charge in [-0.05, 0) is 12.1 Å². The smallest absolute Gasteiger partial charge is 0.240 e. The summed E-state index contributed by atoms with van der Waals surface area (Å²) in [5.74, 6) is -0.129. The van der Waals surface area contributed by atoms with E-state index in [1.165, 1.54) is 19.2 Å². The predicted octanol–water partition coefficient (Wildman–Crippen LogP) is 2.13. The van der Waals surface area contributed by atoms with E-state index in [2.05, 4.69) is 10.1 Å². The molecule has 0 saturated carbocycles. The summed E-state index contributed by atoms with van der Waals surface area (Å²) in [5, 5.41) is 4.03. The van der Waals surface area contributed by atoms with E-state index < -0.39 is 5.82 Å². The molecule has 0 unspecified atom stereocenters. The summed E-state index contributed by atoms with van der Waals surface area (Å²) in [6, 6.07) is 2.93. The molecule has 0 spiro atoms. The van der Waals surface area contributed by atoms with Crippen molar-refractivity contribution in [2.24, 2.45) is 5.73 Å². The summed E-state index contributed by atoms with van der Waals surface area (Å²) in [7, 11) is 1.47. The Morgan fingerprint density at radius 1 is 1.50 bits per heavy atom. The standard InChI is InChI=1S/C11H11ClFN3O2/c1-17-5-6-2-7(12)3-8(10(6)13)11-15-9(4-14)18-16-11/h2-3H,4-5,14H2,1H3. The summed E-state index contributed by atoms with van der Waals surface area (Å²) < 4.78 is 23.9. The molecule has 7 heteroatoms. The van der Waals surface area contributed by atoms with E-state index in [0.29, 0.717) is 10.6 Å². The van der Waals surface area contributed by atoms with Gasteiger partial charge in [0.25, 0.3) is 0 Å². The number of hydrogen-bond donors (Lipinski definition) is 1. The summed E-state index contributed by atoms with van der Waals surface area (Å²) >= 11 is 5.92. The minimum atomic E-state index is -0.481. The van der Waals surface area contributed by atoms with Crippen molar-refractivity contribution in [1.82, 2.24) is 10.1 Å². The lowest BCUT2D eigenvalue weighted by Gasteiger charge is -2.06. The average molecular weight is 272 g/mol. The third-order valence-corrected chi connectivity index (χ3v) is 2.51. The van der Waals surface area contributed by atoms with Gasteiger partial charge in [0, 0.05) is 17.7 Å². The van der Waals surface area contributed by atoms with E-state index >= 15 is 0 Å². The van der Waals surface area contributed by atoms with Crippen LogP contribution in [0.2, 0.25) is 5.02 Å². The van der Waals surface area contributed by atoms with Crippen LogP contribution in [0.1, 0.15) is 11.5 Å². The maximum absolute atomic E-state index is 14.1. The lowest BCUT2D eigenvalue weighted by molar-refractivity contribution is 0.181. The third kappa shape index (κ3) is 2.50. The highest BCUT2D eigenvalue weighted by molar-refractivity contribution is 6.30. The van der Waals surface area contributed by atoms with Crippen LogP contribution in [0.25, 0.3) is 11.4 Å². The van der Waals surface area contributed by atoms with Gasteiger partial charge < -0.3 is 15.0 Å². The second-order valence-corrected chi connectivity index (χ2v) is 4.01. The number of nitrogens with two attached hydrogens (primary N) is 1. The fourth-order valence-corrected chi connectivity index (χ4v) is 1.76. The lowest BCUT2D eigenvalue weighted by atomic mass is 10.1. The molecule has 0 aliphatic rings. The Hall–Kier alpha value is -1.50. The second kappa shape index (κ2) is 5.43. The average Bonchev–Trinajstić information content (AvgIpc) is 2.82. The molecule has 0 radical (unpaired) electrons. The van der Waals surface area contributed by atoms with Crippen LogP contribution in [0, 0.1) is 5.82 Å². The minimum absolute atomic E-state index is 0.0973. The van der Waals surface area contributed by atoms with Gasteiger partial charge >= 0.3 is 0 Å². The number of ether oxygens (including phenoxy) is 1. The molecular formula is C11H11ClFN3O2. The van der Waals surface area contributed by atoms with Gasteiger partial charge in [0.15, 0.2) is 0 Å². The molecule has 0 fully saturated rings. The first-order valence-corrected chi connectivity index (χ1v) is 5.53. The van der Waals surface area contributed by atoms with Gasteiger partial charge in [-0.15, -0.1) is 0 Å². The monoisotopic (exact) mass is 271 g/mol. The van der Waals surface area contributed by atoms with Gasteiger partial charge in [0.1, 0.15) is 5.82 Å². The normalized spacial score (nSPS) is 10.9. The van der Waals surface area contributed by atoms with Gasteiger partial charge in [-0.1, -0.05) is 16.8 Å². The Labute approximate surface area is 108 Å². The molecule has 1 aromatic heterocycles.